The molecule has 5 aliphatic rings. The topological polar surface area (TPSA) is 90.2 Å². The Morgan fingerprint density at radius 1 is 0.955 bits per heavy atom. The number of ketones is 1. The summed E-state index contributed by atoms with van der Waals surface area (Å²) in [7, 11) is 0. The van der Waals surface area contributed by atoms with E-state index in [1.165, 1.54) is 37.7 Å². The lowest BCUT2D eigenvalue weighted by molar-refractivity contribution is -0.124. The van der Waals surface area contributed by atoms with Gasteiger partial charge in [0, 0.05) is 30.4 Å². The third kappa shape index (κ3) is 4.48. The lowest BCUT2D eigenvalue weighted by Gasteiger charge is -2.50. The van der Waals surface area contributed by atoms with Crippen LogP contribution < -0.4 is 5.32 Å². The van der Waals surface area contributed by atoms with Crippen LogP contribution in [-0.2, 0) is 23.1 Å². The molecule has 4 fully saturated rings. The predicted octanol–water partition coefficient (Wildman–Crippen LogP) is 7.14. The SMILES string of the molecule is N#Cc1ccc(-c2ccc(CCNC(=O)c3ccc4c(c3O)C35CC(=O)CCC3[C@H]3CC5C(C4)CC3CC3CC3)cc2)cc1. The number of phenols is 1. The zero-order valence-electron chi connectivity index (χ0n) is 25.2. The molecule has 0 radical (unpaired) electrons. The fourth-order valence-electron chi connectivity index (χ4n) is 10.2. The number of nitriles is 1. The van der Waals surface area contributed by atoms with Gasteiger partial charge in [-0.25, -0.2) is 0 Å². The molecule has 5 aliphatic carbocycles. The number of benzene rings is 3. The van der Waals surface area contributed by atoms with Gasteiger partial charge >= 0.3 is 0 Å². The minimum atomic E-state index is -0.298. The van der Waals surface area contributed by atoms with E-state index in [1.54, 1.807) is 0 Å². The van der Waals surface area contributed by atoms with Crippen LogP contribution in [0, 0.1) is 46.8 Å². The number of nitrogens with one attached hydrogen (secondary N) is 1. The van der Waals surface area contributed by atoms with E-state index in [-0.39, 0.29) is 17.1 Å². The smallest absolute Gasteiger partial charge is 0.255 e. The van der Waals surface area contributed by atoms with Gasteiger partial charge in [0.2, 0.25) is 0 Å². The van der Waals surface area contributed by atoms with Gasteiger partial charge < -0.3 is 10.4 Å². The first-order valence-corrected chi connectivity index (χ1v) is 16.7. The van der Waals surface area contributed by atoms with Gasteiger partial charge in [-0.15, -0.1) is 0 Å². The lowest BCUT2D eigenvalue weighted by atomic mass is 9.53. The Bertz CT molecular complexity index is 1670. The fourth-order valence-corrected chi connectivity index (χ4v) is 10.2. The number of carbonyl (C=O) groups excluding carboxylic acids is 2. The third-order valence-corrected chi connectivity index (χ3v) is 12.2. The Hall–Kier alpha value is -3.91. The van der Waals surface area contributed by atoms with Crippen LogP contribution in [0.25, 0.3) is 11.1 Å². The van der Waals surface area contributed by atoms with Crippen molar-refractivity contribution in [2.45, 2.75) is 69.6 Å². The Morgan fingerprint density at radius 3 is 2.43 bits per heavy atom. The Kier molecular flexibility index (Phi) is 6.67. The van der Waals surface area contributed by atoms with Gasteiger partial charge in [0.15, 0.2) is 0 Å². The zero-order valence-corrected chi connectivity index (χ0v) is 25.2. The first-order chi connectivity index (χ1) is 21.4. The Morgan fingerprint density at radius 2 is 1.70 bits per heavy atom. The molecular formula is C39H40N2O3. The average Bonchev–Trinajstić information content (AvgIpc) is 3.80. The molecule has 6 atom stereocenters. The highest BCUT2D eigenvalue weighted by atomic mass is 16.3. The molecule has 1 amide bonds. The number of nitrogens with zero attached hydrogens (tertiary/aromatic N) is 1. The Balaban J connectivity index is 1.01. The highest BCUT2D eigenvalue weighted by Gasteiger charge is 2.66. The molecular weight excluding hydrogens is 544 g/mol. The van der Waals surface area contributed by atoms with E-state index < -0.39 is 0 Å². The number of amides is 1. The summed E-state index contributed by atoms with van der Waals surface area (Å²) in [5, 5.41) is 24.0. The number of aromatic hydroxyl groups is 1. The quantitative estimate of drug-likeness (QED) is 0.309. The summed E-state index contributed by atoms with van der Waals surface area (Å²) in [4.78, 5) is 26.6. The number of carbonyl (C=O) groups is 2. The highest BCUT2D eigenvalue weighted by Crippen LogP contribution is 2.70. The molecule has 5 unspecified atom stereocenters. The summed E-state index contributed by atoms with van der Waals surface area (Å²) >= 11 is 0. The molecule has 0 heterocycles. The van der Waals surface area contributed by atoms with Crippen LogP contribution in [0.2, 0.25) is 0 Å². The second-order valence-corrected chi connectivity index (χ2v) is 14.4. The van der Waals surface area contributed by atoms with Crippen molar-refractivity contribution < 1.29 is 14.7 Å². The molecule has 5 nitrogen and oxygen atoms in total. The van der Waals surface area contributed by atoms with Crippen molar-refractivity contribution in [3.63, 3.8) is 0 Å². The van der Waals surface area contributed by atoms with Crippen molar-refractivity contribution in [1.29, 1.82) is 5.26 Å². The summed E-state index contributed by atoms with van der Waals surface area (Å²) in [6.45, 7) is 0.466. The number of hydrogen-bond acceptors (Lipinski definition) is 4. The van der Waals surface area contributed by atoms with Gasteiger partial charge in [-0.1, -0.05) is 55.3 Å². The number of hydrogen-bond donors (Lipinski definition) is 2. The first-order valence-electron chi connectivity index (χ1n) is 16.7. The number of Topliss-reactive ketones (excluding diaryl/α,β-unsaturated/α-hetero) is 1. The van der Waals surface area contributed by atoms with E-state index in [2.05, 4.69) is 41.7 Å². The second kappa shape index (κ2) is 10.6. The molecule has 5 heteroatoms. The molecule has 0 aromatic heterocycles. The van der Waals surface area contributed by atoms with Crippen LogP contribution in [0.5, 0.6) is 5.75 Å². The molecule has 2 bridgehead atoms. The predicted molar refractivity (Wildman–Crippen MR) is 169 cm³/mol. The van der Waals surface area contributed by atoms with Crippen LogP contribution in [0.15, 0.2) is 60.7 Å². The minimum Gasteiger partial charge on any atom is -0.507 e. The maximum absolute atomic E-state index is 13.5. The van der Waals surface area contributed by atoms with E-state index >= 15 is 0 Å². The highest BCUT2D eigenvalue weighted by molar-refractivity contribution is 5.98. The van der Waals surface area contributed by atoms with Crippen LogP contribution in [-0.4, -0.2) is 23.3 Å². The van der Waals surface area contributed by atoms with Gasteiger partial charge in [-0.2, -0.15) is 5.26 Å². The monoisotopic (exact) mass is 584 g/mol. The zero-order chi connectivity index (χ0) is 30.0. The van der Waals surface area contributed by atoms with Gasteiger partial charge in [0.1, 0.15) is 11.5 Å². The van der Waals surface area contributed by atoms with Gasteiger partial charge in [-0.3, -0.25) is 9.59 Å². The van der Waals surface area contributed by atoms with E-state index in [0.717, 1.165) is 46.9 Å². The van der Waals surface area contributed by atoms with Crippen molar-refractivity contribution >= 4 is 11.7 Å². The van der Waals surface area contributed by atoms with Gasteiger partial charge in [-0.05, 0) is 114 Å². The van der Waals surface area contributed by atoms with Crippen molar-refractivity contribution in [2.75, 3.05) is 6.54 Å². The molecule has 4 saturated carbocycles. The fraction of sp³-hybridized carbons (Fsp3) is 0.462. The molecule has 3 aromatic carbocycles. The summed E-state index contributed by atoms with van der Waals surface area (Å²) in [5.41, 5.74) is 6.08. The van der Waals surface area contributed by atoms with Crippen molar-refractivity contribution in [3.05, 3.63) is 88.5 Å². The molecule has 0 aliphatic heterocycles. The number of rotatable bonds is 7. The number of phenolic OH excluding ortho intramolecular Hbond substituents is 1. The van der Waals surface area contributed by atoms with Crippen molar-refractivity contribution in [2.24, 2.45) is 35.5 Å². The van der Waals surface area contributed by atoms with Crippen molar-refractivity contribution in [3.8, 4) is 22.9 Å². The first kappa shape index (κ1) is 27.6. The van der Waals surface area contributed by atoms with Gasteiger partial charge in [0.25, 0.3) is 5.91 Å². The standard InChI is InChI=1S/C39H40N2O3/c40-22-25-5-9-27(10-6-25)26-7-3-23(4-8-26)15-16-41-38(44)32-13-11-28-18-30-19-29(17-24-1-2-24)33-20-35(30)39(36(28)37(32)43)21-31(42)12-14-34(33)39/h3-11,13,24,29-30,33-35,43H,1-2,12,14-21H2,(H,41,44)/t29?,30?,33-,34?,35?,39?/m0/s1. The van der Waals surface area contributed by atoms with Crippen LogP contribution >= 0.6 is 0 Å². The largest absolute Gasteiger partial charge is 0.507 e. The molecule has 3 aromatic rings. The maximum Gasteiger partial charge on any atom is 0.255 e. The lowest BCUT2D eigenvalue weighted by Crippen LogP contribution is -2.48. The van der Waals surface area contributed by atoms with E-state index in [0.29, 0.717) is 66.4 Å². The normalized spacial score (nSPS) is 29.8. The summed E-state index contributed by atoms with van der Waals surface area (Å²) in [6.07, 6.45) is 10.4. The molecule has 44 heavy (non-hydrogen) atoms. The van der Waals surface area contributed by atoms with Crippen molar-refractivity contribution in [1.82, 2.24) is 5.32 Å². The molecule has 1 spiro atoms. The van der Waals surface area contributed by atoms with E-state index in [4.69, 9.17) is 5.26 Å². The maximum atomic E-state index is 13.5. The second-order valence-electron chi connectivity index (χ2n) is 14.4. The molecule has 0 saturated heterocycles. The molecule has 224 valence electrons. The van der Waals surface area contributed by atoms with Crippen LogP contribution in [0.3, 0.4) is 0 Å². The molecule has 2 N–H and O–H groups in total. The minimum absolute atomic E-state index is 0.135. The summed E-state index contributed by atoms with van der Waals surface area (Å²) in [5.74, 6) is 4.00. The van der Waals surface area contributed by atoms with Gasteiger partial charge in [0.05, 0.1) is 17.2 Å². The summed E-state index contributed by atoms with van der Waals surface area (Å²) in [6, 6.07) is 21.9. The van der Waals surface area contributed by atoms with Crippen LogP contribution in [0.4, 0.5) is 0 Å². The average molecular weight is 585 g/mol. The Labute approximate surface area is 259 Å². The molecule has 8 rings (SSSR count). The summed E-state index contributed by atoms with van der Waals surface area (Å²) < 4.78 is 0. The van der Waals surface area contributed by atoms with E-state index in [9.17, 15) is 14.7 Å². The third-order valence-electron chi connectivity index (χ3n) is 12.2. The van der Waals surface area contributed by atoms with E-state index in [1.807, 2.05) is 30.3 Å². The number of fused-ring (bicyclic) bond motifs is 3. The van der Waals surface area contributed by atoms with Crippen LogP contribution in [0.1, 0.15) is 84.0 Å².